The van der Waals surface area contributed by atoms with Gasteiger partial charge in [-0.05, 0) is 61.4 Å². The fourth-order valence-corrected chi connectivity index (χ4v) is 4.93. The van der Waals surface area contributed by atoms with Crippen molar-refractivity contribution in [1.29, 1.82) is 0 Å². The normalized spacial score (nSPS) is 15.0. The quantitative estimate of drug-likeness (QED) is 0.577. The molecule has 1 aliphatic heterocycles. The largest absolute Gasteiger partial charge is 0.486 e. The van der Waals surface area contributed by atoms with Gasteiger partial charge in [0.15, 0.2) is 11.5 Å². The molecule has 1 amide bonds. The van der Waals surface area contributed by atoms with E-state index < -0.39 is 15.9 Å². The molecule has 0 fully saturated rings. The molecule has 7 nitrogen and oxygen atoms in total. The van der Waals surface area contributed by atoms with Crippen LogP contribution in [-0.2, 0) is 14.8 Å². The van der Waals surface area contributed by atoms with Crippen LogP contribution in [0.3, 0.4) is 0 Å². The van der Waals surface area contributed by atoms with Crippen LogP contribution in [0.5, 0.6) is 11.5 Å². The van der Waals surface area contributed by atoms with Crippen LogP contribution < -0.4 is 19.1 Å². The minimum absolute atomic E-state index is 0.122. The molecule has 1 aliphatic rings. The molecule has 4 rings (SSSR count). The number of benzene rings is 3. The van der Waals surface area contributed by atoms with Crippen molar-refractivity contribution in [3.63, 3.8) is 0 Å². The van der Waals surface area contributed by atoms with Crippen molar-refractivity contribution in [2.75, 3.05) is 24.0 Å². The first kappa shape index (κ1) is 22.7. The number of amides is 1. The molecule has 1 heterocycles. The molecular weight excluding hydrogens is 440 g/mol. The zero-order valence-electron chi connectivity index (χ0n) is 18.5. The van der Waals surface area contributed by atoms with E-state index in [1.54, 1.807) is 36.4 Å². The van der Waals surface area contributed by atoms with Gasteiger partial charge in [0.2, 0.25) is 5.91 Å². The van der Waals surface area contributed by atoms with Gasteiger partial charge in [-0.1, -0.05) is 36.4 Å². The van der Waals surface area contributed by atoms with Crippen molar-refractivity contribution >= 4 is 21.6 Å². The van der Waals surface area contributed by atoms with Gasteiger partial charge in [0.05, 0.1) is 17.1 Å². The number of aryl methyl sites for hydroxylation is 2. The standard InChI is InChI=1S/C25H26N2O5S/c1-18-12-13-20(14-19(18)2)27(33(29,30)22-8-4-3-5-9-22)16-25(28)26-15-21-17-31-23-10-6-7-11-24(23)32-21/h3-14,21H,15-17H2,1-2H3,(H,26,28)/t21-/m0/s1. The molecule has 0 saturated heterocycles. The Bertz CT molecular complexity index is 1240. The fourth-order valence-electron chi connectivity index (χ4n) is 3.49. The third-order valence-corrected chi connectivity index (χ3v) is 7.28. The number of ether oxygens (including phenoxy) is 2. The Labute approximate surface area is 194 Å². The van der Waals surface area contributed by atoms with Crippen LogP contribution in [0, 0.1) is 13.8 Å². The lowest BCUT2D eigenvalue weighted by atomic mass is 10.1. The summed E-state index contributed by atoms with van der Waals surface area (Å²) in [5.41, 5.74) is 2.41. The third-order valence-electron chi connectivity index (χ3n) is 5.49. The molecule has 0 aromatic heterocycles. The molecule has 1 atom stereocenters. The number of nitrogens with one attached hydrogen (secondary N) is 1. The predicted octanol–water partition coefficient (Wildman–Crippen LogP) is 3.45. The number of anilines is 1. The van der Waals surface area contributed by atoms with Crippen LogP contribution in [-0.4, -0.2) is 40.1 Å². The Morgan fingerprint density at radius 3 is 2.39 bits per heavy atom. The van der Waals surface area contributed by atoms with Crippen molar-refractivity contribution in [2.24, 2.45) is 0 Å². The second-order valence-corrected chi connectivity index (χ2v) is 9.76. The van der Waals surface area contributed by atoms with E-state index in [1.165, 1.54) is 12.1 Å². The number of carbonyl (C=O) groups is 1. The third kappa shape index (κ3) is 5.12. The SMILES string of the molecule is Cc1ccc(N(CC(=O)NC[C@H]2COc3ccccc3O2)S(=O)(=O)c2ccccc2)cc1C. The molecule has 0 spiro atoms. The van der Waals surface area contributed by atoms with Crippen LogP contribution >= 0.6 is 0 Å². The van der Waals surface area contributed by atoms with Crippen molar-refractivity contribution in [2.45, 2.75) is 24.8 Å². The monoisotopic (exact) mass is 466 g/mol. The Balaban J connectivity index is 1.50. The molecule has 0 radical (unpaired) electrons. The second kappa shape index (κ2) is 9.54. The highest BCUT2D eigenvalue weighted by atomic mass is 32.2. The minimum Gasteiger partial charge on any atom is -0.486 e. The maximum Gasteiger partial charge on any atom is 0.264 e. The number of fused-ring (bicyclic) bond motifs is 1. The number of hydrogen-bond acceptors (Lipinski definition) is 5. The summed E-state index contributed by atoms with van der Waals surface area (Å²) >= 11 is 0. The molecule has 172 valence electrons. The van der Waals surface area contributed by atoms with E-state index in [2.05, 4.69) is 5.32 Å². The zero-order valence-corrected chi connectivity index (χ0v) is 19.3. The fraction of sp³-hybridized carbons (Fsp3) is 0.240. The van der Waals surface area contributed by atoms with E-state index in [9.17, 15) is 13.2 Å². The van der Waals surface area contributed by atoms with Gasteiger partial charge in [-0.15, -0.1) is 0 Å². The van der Waals surface area contributed by atoms with Gasteiger partial charge in [0.25, 0.3) is 10.0 Å². The first-order chi connectivity index (χ1) is 15.8. The summed E-state index contributed by atoms with van der Waals surface area (Å²) in [6.07, 6.45) is -0.371. The second-order valence-electron chi connectivity index (χ2n) is 7.89. The number of sulfonamides is 1. The van der Waals surface area contributed by atoms with E-state index in [0.29, 0.717) is 23.8 Å². The van der Waals surface area contributed by atoms with Crippen molar-refractivity contribution in [1.82, 2.24) is 5.32 Å². The van der Waals surface area contributed by atoms with Gasteiger partial charge in [-0.2, -0.15) is 0 Å². The summed E-state index contributed by atoms with van der Waals surface area (Å²) in [7, 11) is -3.95. The van der Waals surface area contributed by atoms with Gasteiger partial charge in [0.1, 0.15) is 19.3 Å². The molecule has 0 aliphatic carbocycles. The molecular formula is C25H26N2O5S. The van der Waals surface area contributed by atoms with Gasteiger partial charge < -0.3 is 14.8 Å². The van der Waals surface area contributed by atoms with Crippen LogP contribution in [0.4, 0.5) is 5.69 Å². The number of para-hydroxylation sites is 2. The average Bonchev–Trinajstić information content (AvgIpc) is 2.83. The van der Waals surface area contributed by atoms with Crippen LogP contribution in [0.15, 0.2) is 77.7 Å². The molecule has 33 heavy (non-hydrogen) atoms. The number of nitrogens with zero attached hydrogens (tertiary/aromatic N) is 1. The van der Waals surface area contributed by atoms with E-state index >= 15 is 0 Å². The van der Waals surface area contributed by atoms with Gasteiger partial charge in [0, 0.05) is 0 Å². The van der Waals surface area contributed by atoms with E-state index in [-0.39, 0.29) is 24.1 Å². The Morgan fingerprint density at radius 2 is 1.67 bits per heavy atom. The molecule has 3 aromatic rings. The molecule has 0 saturated carbocycles. The highest BCUT2D eigenvalue weighted by Crippen LogP contribution is 2.30. The van der Waals surface area contributed by atoms with Crippen LogP contribution in [0.2, 0.25) is 0 Å². The summed E-state index contributed by atoms with van der Waals surface area (Å²) in [5, 5.41) is 2.78. The number of carbonyl (C=O) groups excluding carboxylic acids is 1. The number of rotatable bonds is 7. The lowest BCUT2D eigenvalue weighted by Gasteiger charge is -2.27. The summed E-state index contributed by atoms with van der Waals surface area (Å²) in [6.45, 7) is 3.99. The van der Waals surface area contributed by atoms with Gasteiger partial charge in [-0.3, -0.25) is 9.10 Å². The molecule has 3 aromatic carbocycles. The van der Waals surface area contributed by atoms with E-state index in [1.807, 2.05) is 38.1 Å². The van der Waals surface area contributed by atoms with Gasteiger partial charge in [-0.25, -0.2) is 8.42 Å². The smallest absolute Gasteiger partial charge is 0.264 e. The topological polar surface area (TPSA) is 84.9 Å². The Kier molecular flexibility index (Phi) is 6.55. The predicted molar refractivity (Wildman–Crippen MR) is 126 cm³/mol. The maximum absolute atomic E-state index is 13.4. The Hall–Kier alpha value is -3.52. The van der Waals surface area contributed by atoms with Crippen LogP contribution in [0.25, 0.3) is 0 Å². The van der Waals surface area contributed by atoms with Crippen LogP contribution in [0.1, 0.15) is 11.1 Å². The maximum atomic E-state index is 13.4. The lowest BCUT2D eigenvalue weighted by molar-refractivity contribution is -0.120. The lowest BCUT2D eigenvalue weighted by Crippen LogP contribution is -2.45. The number of hydrogen-bond donors (Lipinski definition) is 1. The van der Waals surface area contributed by atoms with Crippen molar-refractivity contribution in [3.8, 4) is 11.5 Å². The van der Waals surface area contributed by atoms with E-state index in [0.717, 1.165) is 15.4 Å². The first-order valence-corrected chi connectivity index (χ1v) is 12.1. The zero-order chi connectivity index (χ0) is 23.4. The summed E-state index contributed by atoms with van der Waals surface area (Å²) in [4.78, 5) is 13.0. The highest BCUT2D eigenvalue weighted by Gasteiger charge is 2.28. The summed E-state index contributed by atoms with van der Waals surface area (Å²) in [5.74, 6) is 0.844. The summed E-state index contributed by atoms with van der Waals surface area (Å²) in [6, 6.07) is 20.8. The Morgan fingerprint density at radius 1 is 0.970 bits per heavy atom. The average molecular weight is 467 g/mol. The van der Waals surface area contributed by atoms with Gasteiger partial charge >= 0.3 is 0 Å². The van der Waals surface area contributed by atoms with Crippen molar-refractivity contribution < 1.29 is 22.7 Å². The molecule has 1 N–H and O–H groups in total. The molecule has 0 bridgehead atoms. The van der Waals surface area contributed by atoms with E-state index in [4.69, 9.17) is 9.47 Å². The molecule has 0 unspecified atom stereocenters. The minimum atomic E-state index is -3.95. The highest BCUT2D eigenvalue weighted by molar-refractivity contribution is 7.92. The first-order valence-electron chi connectivity index (χ1n) is 10.6. The molecule has 8 heteroatoms. The summed E-state index contributed by atoms with van der Waals surface area (Å²) < 4.78 is 39.5. The van der Waals surface area contributed by atoms with Crippen molar-refractivity contribution in [3.05, 3.63) is 83.9 Å².